The number of nitrogens with one attached hydrogen (secondary N) is 1. The fraction of sp³-hybridized carbons (Fsp3) is 0.833. The van der Waals surface area contributed by atoms with Crippen molar-refractivity contribution in [3.63, 3.8) is 0 Å². The van der Waals surface area contributed by atoms with E-state index in [1.54, 1.807) is 0 Å². The third-order valence-corrected chi connectivity index (χ3v) is 5.30. The van der Waals surface area contributed by atoms with E-state index in [-0.39, 0.29) is 0 Å². The molecule has 0 amide bonds. The van der Waals surface area contributed by atoms with Crippen LogP contribution < -0.4 is 5.32 Å². The van der Waals surface area contributed by atoms with Crippen LogP contribution in [0.5, 0.6) is 0 Å². The first kappa shape index (κ1) is 16.5. The van der Waals surface area contributed by atoms with E-state index >= 15 is 0 Å². The molecule has 0 saturated heterocycles. The van der Waals surface area contributed by atoms with Crippen molar-refractivity contribution >= 4 is 0 Å². The van der Waals surface area contributed by atoms with Crippen LogP contribution in [0.15, 0.2) is 0 Å². The molecule has 1 aliphatic carbocycles. The molecule has 1 aliphatic rings. The lowest BCUT2D eigenvalue weighted by molar-refractivity contribution is 0.214. The lowest BCUT2D eigenvalue weighted by Crippen LogP contribution is -2.25. The van der Waals surface area contributed by atoms with Gasteiger partial charge in [0.05, 0.1) is 11.7 Å². The Bertz CT molecular complexity index is 450. The van der Waals surface area contributed by atoms with Crippen molar-refractivity contribution in [2.24, 2.45) is 5.92 Å². The molecule has 0 radical (unpaired) electrons. The third kappa shape index (κ3) is 3.33. The number of aromatic nitrogens is 2. The first-order valence-electron chi connectivity index (χ1n) is 8.92. The van der Waals surface area contributed by atoms with Crippen LogP contribution in [0, 0.1) is 19.8 Å². The second-order valence-corrected chi connectivity index (χ2v) is 6.57. The maximum absolute atomic E-state index is 4.96. The van der Waals surface area contributed by atoms with Crippen LogP contribution in [0.4, 0.5) is 0 Å². The molecule has 0 aliphatic heterocycles. The monoisotopic (exact) mass is 291 g/mol. The molecule has 2 rings (SSSR count). The number of nitrogens with zero attached hydrogens (tertiary/aromatic N) is 2. The Morgan fingerprint density at radius 2 is 1.90 bits per heavy atom. The molecule has 1 saturated carbocycles. The lowest BCUT2D eigenvalue weighted by atomic mass is 9.83. The Morgan fingerprint density at radius 3 is 2.52 bits per heavy atom. The highest BCUT2D eigenvalue weighted by Gasteiger charge is 2.29. The highest BCUT2D eigenvalue weighted by Crippen LogP contribution is 2.38. The Morgan fingerprint density at radius 1 is 1.19 bits per heavy atom. The molecule has 3 unspecified atom stereocenters. The second-order valence-electron chi connectivity index (χ2n) is 6.57. The first-order valence-corrected chi connectivity index (χ1v) is 8.92. The van der Waals surface area contributed by atoms with Gasteiger partial charge < -0.3 is 5.32 Å². The van der Waals surface area contributed by atoms with Crippen molar-refractivity contribution in [2.75, 3.05) is 6.54 Å². The van der Waals surface area contributed by atoms with Crippen LogP contribution in [0.25, 0.3) is 0 Å². The predicted octanol–water partition coefficient (Wildman–Crippen LogP) is 4.70. The molecule has 3 atom stereocenters. The molecular weight excluding hydrogens is 258 g/mol. The molecule has 1 fully saturated rings. The summed E-state index contributed by atoms with van der Waals surface area (Å²) in [6, 6.07) is 1.07. The smallest absolute Gasteiger partial charge is 0.0644 e. The van der Waals surface area contributed by atoms with E-state index in [0.29, 0.717) is 12.1 Å². The molecule has 21 heavy (non-hydrogen) atoms. The number of hydrogen-bond acceptors (Lipinski definition) is 2. The lowest BCUT2D eigenvalue weighted by Gasteiger charge is -2.32. The highest BCUT2D eigenvalue weighted by atomic mass is 15.3. The van der Waals surface area contributed by atoms with E-state index in [0.717, 1.165) is 18.9 Å². The third-order valence-electron chi connectivity index (χ3n) is 5.30. The molecule has 120 valence electrons. The fourth-order valence-electron chi connectivity index (χ4n) is 4.19. The molecule has 3 nitrogen and oxygen atoms in total. The van der Waals surface area contributed by atoms with Crippen LogP contribution in [0.1, 0.15) is 88.3 Å². The van der Waals surface area contributed by atoms with Gasteiger partial charge in [-0.1, -0.05) is 40.0 Å². The van der Waals surface area contributed by atoms with E-state index in [1.807, 2.05) is 0 Å². The quantitative estimate of drug-likeness (QED) is 0.823. The minimum atomic E-state index is 0.451. The molecule has 3 heteroatoms. The Labute approximate surface area is 130 Å². The topological polar surface area (TPSA) is 29.9 Å². The van der Waals surface area contributed by atoms with E-state index in [4.69, 9.17) is 5.10 Å². The van der Waals surface area contributed by atoms with Gasteiger partial charge in [-0.2, -0.15) is 5.10 Å². The van der Waals surface area contributed by atoms with Gasteiger partial charge in [-0.15, -0.1) is 0 Å². The zero-order chi connectivity index (χ0) is 15.4. The van der Waals surface area contributed by atoms with Crippen molar-refractivity contribution < 1.29 is 0 Å². The van der Waals surface area contributed by atoms with E-state index in [1.165, 1.54) is 49.1 Å². The first-order chi connectivity index (χ1) is 10.1. The van der Waals surface area contributed by atoms with Crippen molar-refractivity contribution in [3.8, 4) is 0 Å². The second kappa shape index (κ2) is 7.44. The van der Waals surface area contributed by atoms with Crippen LogP contribution in [0.2, 0.25) is 0 Å². The summed E-state index contributed by atoms with van der Waals surface area (Å²) in [5.41, 5.74) is 4.06. The minimum Gasteiger partial charge on any atom is -0.310 e. The predicted molar refractivity (Wildman–Crippen MR) is 89.7 cm³/mol. The average molecular weight is 291 g/mol. The molecule has 0 spiro atoms. The zero-order valence-corrected chi connectivity index (χ0v) is 14.6. The Balaban J connectivity index is 2.33. The SMILES string of the molecule is CCNC(CC)c1c(C)nn(C2CCCCC2CC)c1C. The Hall–Kier alpha value is -0.830. The van der Waals surface area contributed by atoms with Crippen LogP contribution >= 0.6 is 0 Å². The molecule has 0 bridgehead atoms. The van der Waals surface area contributed by atoms with Gasteiger partial charge in [-0.25, -0.2) is 0 Å². The van der Waals surface area contributed by atoms with Crippen LogP contribution in [-0.2, 0) is 0 Å². The van der Waals surface area contributed by atoms with Crippen molar-refractivity contribution in [1.29, 1.82) is 0 Å². The van der Waals surface area contributed by atoms with Gasteiger partial charge in [-0.3, -0.25) is 4.68 Å². The van der Waals surface area contributed by atoms with Gasteiger partial charge in [0.25, 0.3) is 0 Å². The fourth-order valence-corrected chi connectivity index (χ4v) is 4.19. The molecule has 0 aromatic carbocycles. The normalized spacial score (nSPS) is 24.2. The highest BCUT2D eigenvalue weighted by molar-refractivity contribution is 5.29. The van der Waals surface area contributed by atoms with E-state index in [9.17, 15) is 0 Å². The summed E-state index contributed by atoms with van der Waals surface area (Å²) in [7, 11) is 0. The summed E-state index contributed by atoms with van der Waals surface area (Å²) < 4.78 is 2.37. The molecule has 1 aromatic rings. The number of aryl methyl sites for hydroxylation is 1. The molecule has 1 N–H and O–H groups in total. The minimum absolute atomic E-state index is 0.451. The molecule has 1 heterocycles. The Kier molecular flexibility index (Phi) is 5.86. The van der Waals surface area contributed by atoms with Gasteiger partial charge in [0.15, 0.2) is 0 Å². The van der Waals surface area contributed by atoms with Gasteiger partial charge in [0.1, 0.15) is 0 Å². The van der Waals surface area contributed by atoms with Gasteiger partial charge >= 0.3 is 0 Å². The van der Waals surface area contributed by atoms with E-state index in [2.05, 4.69) is 44.6 Å². The largest absolute Gasteiger partial charge is 0.310 e. The maximum Gasteiger partial charge on any atom is 0.0644 e. The molecular formula is C18H33N3. The summed E-state index contributed by atoms with van der Waals surface area (Å²) >= 11 is 0. The van der Waals surface area contributed by atoms with Gasteiger partial charge in [-0.05, 0) is 45.6 Å². The number of hydrogen-bond donors (Lipinski definition) is 1. The molecule has 1 aromatic heterocycles. The van der Waals surface area contributed by atoms with Crippen LogP contribution in [0.3, 0.4) is 0 Å². The zero-order valence-electron chi connectivity index (χ0n) is 14.6. The maximum atomic E-state index is 4.96. The van der Waals surface area contributed by atoms with Gasteiger partial charge in [0, 0.05) is 17.3 Å². The summed E-state index contributed by atoms with van der Waals surface area (Å²) in [6.07, 6.45) is 7.85. The van der Waals surface area contributed by atoms with Crippen molar-refractivity contribution in [3.05, 3.63) is 17.0 Å². The summed E-state index contributed by atoms with van der Waals surface area (Å²) in [4.78, 5) is 0. The van der Waals surface area contributed by atoms with Crippen LogP contribution in [-0.4, -0.2) is 16.3 Å². The van der Waals surface area contributed by atoms with Crippen molar-refractivity contribution in [2.45, 2.75) is 85.2 Å². The standard InChI is InChI=1S/C18H33N3/c1-6-15-11-9-10-12-17(15)21-14(5)18(13(4)20-21)16(7-2)19-8-3/h15-17,19H,6-12H2,1-5H3. The number of rotatable bonds is 6. The summed E-state index contributed by atoms with van der Waals surface area (Å²) in [6.45, 7) is 12.3. The summed E-state index contributed by atoms with van der Waals surface area (Å²) in [5.74, 6) is 0.809. The van der Waals surface area contributed by atoms with Gasteiger partial charge in [0.2, 0.25) is 0 Å². The van der Waals surface area contributed by atoms with E-state index < -0.39 is 0 Å². The average Bonchev–Trinajstić information content (AvgIpc) is 2.80. The van der Waals surface area contributed by atoms with Crippen molar-refractivity contribution in [1.82, 2.24) is 15.1 Å². The summed E-state index contributed by atoms with van der Waals surface area (Å²) in [5, 5.41) is 8.58.